The SMILES string of the molecule is Cc1nc(-c2cccc(Cl)c2)nc(Cl)c1F. The summed E-state index contributed by atoms with van der Waals surface area (Å²) >= 11 is 11.5. The van der Waals surface area contributed by atoms with Crippen LogP contribution >= 0.6 is 23.2 Å². The molecule has 0 spiro atoms. The minimum absolute atomic E-state index is 0.178. The Bertz CT molecular complexity index is 520. The number of nitrogens with zero attached hydrogens (tertiary/aromatic N) is 2. The summed E-state index contributed by atoms with van der Waals surface area (Å²) in [7, 11) is 0. The van der Waals surface area contributed by atoms with Gasteiger partial charge in [0, 0.05) is 10.6 Å². The molecule has 16 heavy (non-hydrogen) atoms. The summed E-state index contributed by atoms with van der Waals surface area (Å²) in [5.74, 6) is -0.223. The maximum atomic E-state index is 13.2. The molecule has 0 bridgehead atoms. The van der Waals surface area contributed by atoms with E-state index in [0.717, 1.165) is 0 Å². The normalized spacial score (nSPS) is 10.5. The van der Waals surface area contributed by atoms with Crippen LogP contribution in [0.4, 0.5) is 4.39 Å². The number of halogens is 3. The van der Waals surface area contributed by atoms with Gasteiger partial charge in [-0.3, -0.25) is 0 Å². The van der Waals surface area contributed by atoms with Crippen molar-refractivity contribution in [3.05, 3.63) is 46.0 Å². The van der Waals surface area contributed by atoms with Gasteiger partial charge in [0.2, 0.25) is 0 Å². The van der Waals surface area contributed by atoms with E-state index in [-0.39, 0.29) is 10.8 Å². The van der Waals surface area contributed by atoms with Crippen LogP contribution in [0.5, 0.6) is 0 Å². The molecule has 0 aliphatic rings. The standard InChI is InChI=1S/C11H7Cl2FN2/c1-6-9(14)10(13)16-11(15-6)7-3-2-4-8(12)5-7/h2-5H,1H3. The predicted octanol–water partition coefficient (Wildman–Crippen LogP) is 3.90. The summed E-state index contributed by atoms with van der Waals surface area (Å²) in [4.78, 5) is 7.88. The lowest BCUT2D eigenvalue weighted by Crippen LogP contribution is -1.97. The zero-order valence-corrected chi connectivity index (χ0v) is 9.85. The summed E-state index contributed by atoms with van der Waals surface area (Å²) in [6.45, 7) is 1.54. The van der Waals surface area contributed by atoms with Crippen LogP contribution in [0, 0.1) is 12.7 Å². The second-order valence-corrected chi connectivity index (χ2v) is 4.04. The Morgan fingerprint density at radius 3 is 2.56 bits per heavy atom. The van der Waals surface area contributed by atoms with E-state index in [9.17, 15) is 4.39 Å². The molecule has 2 rings (SSSR count). The Kier molecular flexibility index (Phi) is 3.08. The molecule has 1 aromatic heterocycles. The van der Waals surface area contributed by atoms with Crippen molar-refractivity contribution in [2.24, 2.45) is 0 Å². The Morgan fingerprint density at radius 1 is 1.19 bits per heavy atom. The molecule has 2 nitrogen and oxygen atoms in total. The van der Waals surface area contributed by atoms with Crippen LogP contribution in [-0.2, 0) is 0 Å². The first-order valence-electron chi connectivity index (χ1n) is 4.53. The van der Waals surface area contributed by atoms with E-state index in [1.54, 1.807) is 24.3 Å². The topological polar surface area (TPSA) is 25.8 Å². The van der Waals surface area contributed by atoms with E-state index in [0.29, 0.717) is 16.4 Å². The van der Waals surface area contributed by atoms with Gasteiger partial charge >= 0.3 is 0 Å². The second-order valence-electron chi connectivity index (χ2n) is 3.25. The molecule has 82 valence electrons. The number of aromatic nitrogens is 2. The Labute approximate surface area is 102 Å². The van der Waals surface area contributed by atoms with Crippen LogP contribution in [0.25, 0.3) is 11.4 Å². The molecule has 0 aliphatic carbocycles. The fraction of sp³-hybridized carbons (Fsp3) is 0.0909. The molecule has 1 aromatic carbocycles. The van der Waals surface area contributed by atoms with Crippen LogP contribution in [0.2, 0.25) is 10.2 Å². The van der Waals surface area contributed by atoms with Gasteiger partial charge in [-0.15, -0.1) is 0 Å². The molecule has 0 fully saturated rings. The number of benzene rings is 1. The van der Waals surface area contributed by atoms with Crippen molar-refractivity contribution < 1.29 is 4.39 Å². The molecule has 0 saturated heterocycles. The van der Waals surface area contributed by atoms with E-state index in [4.69, 9.17) is 23.2 Å². The van der Waals surface area contributed by atoms with Crippen LogP contribution in [-0.4, -0.2) is 9.97 Å². The molecule has 1 heterocycles. The Morgan fingerprint density at radius 2 is 1.94 bits per heavy atom. The molecule has 2 aromatic rings. The smallest absolute Gasteiger partial charge is 0.181 e. The molecule has 0 N–H and O–H groups in total. The van der Waals surface area contributed by atoms with Gasteiger partial charge in [-0.25, -0.2) is 14.4 Å². The summed E-state index contributed by atoms with van der Waals surface area (Å²) in [5.41, 5.74) is 0.924. The van der Waals surface area contributed by atoms with E-state index < -0.39 is 5.82 Å². The summed E-state index contributed by atoms with van der Waals surface area (Å²) in [5, 5.41) is 0.390. The first kappa shape index (κ1) is 11.3. The predicted molar refractivity (Wildman–Crippen MR) is 62.2 cm³/mol. The maximum absolute atomic E-state index is 13.2. The lowest BCUT2D eigenvalue weighted by Gasteiger charge is -2.04. The van der Waals surface area contributed by atoms with Gasteiger partial charge in [-0.1, -0.05) is 35.3 Å². The third-order valence-corrected chi connectivity index (χ3v) is 2.54. The lowest BCUT2D eigenvalue weighted by molar-refractivity contribution is 0.603. The van der Waals surface area contributed by atoms with Gasteiger partial charge in [0.1, 0.15) is 0 Å². The van der Waals surface area contributed by atoms with E-state index in [1.807, 2.05) is 0 Å². The van der Waals surface area contributed by atoms with Gasteiger partial charge in [0.15, 0.2) is 16.8 Å². The van der Waals surface area contributed by atoms with Gasteiger partial charge in [0.25, 0.3) is 0 Å². The van der Waals surface area contributed by atoms with E-state index in [2.05, 4.69) is 9.97 Å². The van der Waals surface area contributed by atoms with E-state index >= 15 is 0 Å². The highest BCUT2D eigenvalue weighted by Crippen LogP contribution is 2.23. The monoisotopic (exact) mass is 256 g/mol. The van der Waals surface area contributed by atoms with Crippen molar-refractivity contribution in [2.45, 2.75) is 6.92 Å². The lowest BCUT2D eigenvalue weighted by atomic mass is 10.2. The Balaban J connectivity index is 2.57. The zero-order valence-electron chi connectivity index (χ0n) is 8.34. The average Bonchev–Trinajstić information content (AvgIpc) is 2.25. The molecule has 5 heteroatoms. The molecule has 0 radical (unpaired) electrons. The van der Waals surface area contributed by atoms with Crippen LogP contribution in [0.3, 0.4) is 0 Å². The molecule has 0 unspecified atom stereocenters. The minimum atomic E-state index is -0.590. The summed E-state index contributed by atoms with van der Waals surface area (Å²) in [6.07, 6.45) is 0. The van der Waals surface area contributed by atoms with Crippen molar-refractivity contribution in [2.75, 3.05) is 0 Å². The molecule has 0 amide bonds. The third kappa shape index (κ3) is 2.15. The van der Waals surface area contributed by atoms with Gasteiger partial charge in [-0.2, -0.15) is 0 Å². The highest BCUT2D eigenvalue weighted by Gasteiger charge is 2.10. The molecular weight excluding hydrogens is 250 g/mol. The van der Waals surface area contributed by atoms with Gasteiger partial charge < -0.3 is 0 Å². The summed E-state index contributed by atoms with van der Waals surface area (Å²) < 4.78 is 13.2. The minimum Gasteiger partial charge on any atom is -0.230 e. The average molecular weight is 257 g/mol. The van der Waals surface area contributed by atoms with Gasteiger partial charge in [-0.05, 0) is 19.1 Å². The highest BCUT2D eigenvalue weighted by molar-refractivity contribution is 6.31. The number of hydrogen-bond donors (Lipinski definition) is 0. The number of rotatable bonds is 1. The Hall–Kier alpha value is -1.19. The molecule has 0 atom stereocenters. The maximum Gasteiger partial charge on any atom is 0.181 e. The molecular formula is C11H7Cl2FN2. The summed E-state index contributed by atoms with van der Waals surface area (Å²) in [6, 6.07) is 7.00. The number of aryl methyl sites for hydroxylation is 1. The quantitative estimate of drug-likeness (QED) is 0.724. The fourth-order valence-corrected chi connectivity index (χ4v) is 1.69. The van der Waals surface area contributed by atoms with Crippen LogP contribution in [0.1, 0.15) is 5.69 Å². The van der Waals surface area contributed by atoms with Gasteiger partial charge in [0.05, 0.1) is 5.69 Å². The number of hydrogen-bond acceptors (Lipinski definition) is 2. The third-order valence-electron chi connectivity index (χ3n) is 2.06. The molecule has 0 saturated carbocycles. The zero-order chi connectivity index (χ0) is 11.7. The largest absolute Gasteiger partial charge is 0.230 e. The van der Waals surface area contributed by atoms with Crippen molar-refractivity contribution in [1.29, 1.82) is 0 Å². The van der Waals surface area contributed by atoms with E-state index in [1.165, 1.54) is 6.92 Å². The fourth-order valence-electron chi connectivity index (χ4n) is 1.28. The van der Waals surface area contributed by atoms with Crippen molar-refractivity contribution in [1.82, 2.24) is 9.97 Å². The van der Waals surface area contributed by atoms with Crippen molar-refractivity contribution >= 4 is 23.2 Å². The van der Waals surface area contributed by atoms with Crippen molar-refractivity contribution in [3.8, 4) is 11.4 Å². The molecule has 0 aliphatic heterocycles. The highest BCUT2D eigenvalue weighted by atomic mass is 35.5. The van der Waals surface area contributed by atoms with Crippen LogP contribution in [0.15, 0.2) is 24.3 Å². The van der Waals surface area contributed by atoms with Crippen molar-refractivity contribution in [3.63, 3.8) is 0 Å². The second kappa shape index (κ2) is 4.36. The first-order valence-corrected chi connectivity index (χ1v) is 5.29. The van der Waals surface area contributed by atoms with Crippen LogP contribution < -0.4 is 0 Å². The first-order chi connectivity index (χ1) is 7.58.